The maximum atomic E-state index is 13.0. The average Bonchev–Trinajstić information content (AvgIpc) is 3.23. The van der Waals surface area contributed by atoms with Crippen LogP contribution in [-0.2, 0) is 4.79 Å². The number of rotatable bonds is 8. The number of likely N-dealkylation sites (tertiary alicyclic amines) is 1. The first-order valence-electron chi connectivity index (χ1n) is 12.4. The summed E-state index contributed by atoms with van der Waals surface area (Å²) >= 11 is 7.95. The van der Waals surface area contributed by atoms with Crippen molar-refractivity contribution in [3.8, 4) is 10.6 Å². The second-order valence-electron chi connectivity index (χ2n) is 9.48. The fraction of sp³-hybridized carbons (Fsp3) is 0.370. The largest absolute Gasteiger partial charge is 0.351 e. The Bertz CT molecular complexity index is 1320. The fourth-order valence-corrected chi connectivity index (χ4v) is 5.35. The lowest BCUT2D eigenvalue weighted by atomic mass is 10.0. The number of halogens is 1. The summed E-state index contributed by atoms with van der Waals surface area (Å²) < 4.78 is 0. The summed E-state index contributed by atoms with van der Waals surface area (Å²) in [5, 5.41) is 7.68. The first kappa shape index (κ1) is 27.7. The Morgan fingerprint density at radius 2 is 1.87 bits per heavy atom. The van der Waals surface area contributed by atoms with Gasteiger partial charge in [0, 0.05) is 43.0 Å². The van der Waals surface area contributed by atoms with Gasteiger partial charge in [0.15, 0.2) is 0 Å². The van der Waals surface area contributed by atoms with Crippen molar-refractivity contribution in [1.29, 1.82) is 0 Å². The molecule has 2 aromatic heterocycles. The van der Waals surface area contributed by atoms with Crippen molar-refractivity contribution < 1.29 is 9.59 Å². The zero-order chi connectivity index (χ0) is 27.2. The van der Waals surface area contributed by atoms with Gasteiger partial charge < -0.3 is 20.4 Å². The van der Waals surface area contributed by atoms with Gasteiger partial charge in [-0.25, -0.2) is 15.0 Å². The molecule has 0 radical (unpaired) electrons. The number of nitrogens with one attached hydrogen (secondary N) is 2. The van der Waals surface area contributed by atoms with Gasteiger partial charge in [0.25, 0.3) is 5.91 Å². The molecule has 0 unspecified atom stereocenters. The molecular formula is C27H32ClN7O2S. The van der Waals surface area contributed by atoms with E-state index in [-0.39, 0.29) is 17.9 Å². The van der Waals surface area contributed by atoms with Crippen LogP contribution in [0.4, 0.5) is 11.6 Å². The monoisotopic (exact) mass is 553 g/mol. The van der Waals surface area contributed by atoms with Gasteiger partial charge in [-0.15, -0.1) is 11.3 Å². The van der Waals surface area contributed by atoms with E-state index in [1.807, 2.05) is 37.7 Å². The van der Waals surface area contributed by atoms with Gasteiger partial charge in [-0.05, 0) is 65.0 Å². The van der Waals surface area contributed by atoms with E-state index >= 15 is 0 Å². The smallest absolute Gasteiger partial charge is 0.253 e. The molecule has 38 heavy (non-hydrogen) atoms. The van der Waals surface area contributed by atoms with Crippen molar-refractivity contribution in [2.75, 3.05) is 44.4 Å². The van der Waals surface area contributed by atoms with E-state index in [1.54, 1.807) is 47.9 Å². The molecule has 1 aliphatic heterocycles. The van der Waals surface area contributed by atoms with Gasteiger partial charge in [-0.1, -0.05) is 17.7 Å². The van der Waals surface area contributed by atoms with Crippen molar-refractivity contribution in [1.82, 2.24) is 24.8 Å². The minimum Gasteiger partial charge on any atom is -0.351 e. The summed E-state index contributed by atoms with van der Waals surface area (Å²) in [4.78, 5) is 43.3. The molecule has 4 rings (SSSR count). The number of benzene rings is 1. The minimum atomic E-state index is -0.199. The molecule has 200 valence electrons. The number of likely N-dealkylation sites (N-methyl/N-ethyl adjacent to an activating group) is 1. The molecule has 1 aliphatic rings. The number of amides is 2. The number of carbonyl (C=O) groups excluding carboxylic acids is 2. The second-order valence-corrected chi connectivity index (χ2v) is 11.1. The van der Waals surface area contributed by atoms with Crippen LogP contribution in [0.5, 0.6) is 0 Å². The molecule has 0 saturated carbocycles. The van der Waals surface area contributed by atoms with Gasteiger partial charge in [0.1, 0.15) is 5.69 Å². The third-order valence-corrected chi connectivity index (χ3v) is 7.47. The summed E-state index contributed by atoms with van der Waals surface area (Å²) in [5.41, 5.74) is 2.83. The molecule has 0 bridgehead atoms. The van der Waals surface area contributed by atoms with Gasteiger partial charge in [0.2, 0.25) is 11.9 Å². The first-order chi connectivity index (χ1) is 18.2. The number of nitrogens with zero attached hydrogens (tertiary/aromatic N) is 5. The van der Waals surface area contributed by atoms with Gasteiger partial charge >= 0.3 is 0 Å². The molecule has 3 heterocycles. The molecule has 0 atom stereocenters. The minimum absolute atomic E-state index is 0.0201. The molecule has 1 saturated heterocycles. The number of aromatic nitrogens is 3. The Morgan fingerprint density at radius 3 is 2.50 bits per heavy atom. The van der Waals surface area contributed by atoms with Crippen molar-refractivity contribution in [3.63, 3.8) is 0 Å². The zero-order valence-electron chi connectivity index (χ0n) is 22.0. The average molecular weight is 554 g/mol. The SMILES string of the molecule is Cc1nc(C)c(-c2nc(NC3CCN(C(=O)c4ccc(NC(=O)/C=C/CN(C)C)cc4)CC3)ncc2Cl)s1. The number of anilines is 2. The predicted molar refractivity (Wildman–Crippen MR) is 153 cm³/mol. The van der Waals surface area contributed by atoms with Crippen LogP contribution < -0.4 is 10.6 Å². The lowest BCUT2D eigenvalue weighted by Crippen LogP contribution is -2.42. The highest BCUT2D eigenvalue weighted by atomic mass is 35.5. The number of hydrogen-bond donors (Lipinski definition) is 2. The van der Waals surface area contributed by atoms with Gasteiger partial charge in [-0.2, -0.15) is 0 Å². The quantitative estimate of drug-likeness (QED) is 0.391. The second kappa shape index (κ2) is 12.5. The van der Waals surface area contributed by atoms with E-state index in [0.717, 1.165) is 28.4 Å². The number of thiazole rings is 1. The van der Waals surface area contributed by atoms with Crippen LogP contribution in [0.1, 0.15) is 33.9 Å². The van der Waals surface area contributed by atoms with Crippen LogP contribution in [0.3, 0.4) is 0 Å². The fourth-order valence-electron chi connectivity index (χ4n) is 4.19. The van der Waals surface area contributed by atoms with Crippen LogP contribution in [-0.4, -0.2) is 76.3 Å². The Morgan fingerprint density at radius 1 is 1.16 bits per heavy atom. The summed E-state index contributed by atoms with van der Waals surface area (Å²) in [6, 6.07) is 7.15. The zero-order valence-corrected chi connectivity index (χ0v) is 23.6. The standard InChI is InChI=1S/C27H32ClN7O2S/c1-17-25(38-18(2)30-17)24-22(28)16-29-27(33-24)32-21-11-14-35(15-12-21)26(37)19-7-9-20(10-8-19)31-23(36)6-5-13-34(3)4/h5-10,16,21H,11-15H2,1-4H3,(H,31,36)(H,29,32,33)/b6-5+. The molecule has 1 fully saturated rings. The molecule has 2 amide bonds. The third-order valence-electron chi connectivity index (χ3n) is 6.12. The normalized spacial score (nSPS) is 14.3. The summed E-state index contributed by atoms with van der Waals surface area (Å²) in [5.74, 6) is 0.302. The maximum Gasteiger partial charge on any atom is 0.253 e. The Hall–Kier alpha value is -3.34. The Labute approximate surface area is 232 Å². The Kier molecular flexibility index (Phi) is 9.09. The van der Waals surface area contributed by atoms with E-state index in [9.17, 15) is 9.59 Å². The lowest BCUT2D eigenvalue weighted by Gasteiger charge is -2.32. The highest BCUT2D eigenvalue weighted by molar-refractivity contribution is 7.15. The third kappa shape index (κ3) is 7.15. The number of aryl methyl sites for hydroxylation is 2. The van der Waals surface area contributed by atoms with Crippen molar-refractivity contribution in [3.05, 3.63) is 63.9 Å². The molecule has 11 heteroatoms. The summed E-state index contributed by atoms with van der Waals surface area (Å²) in [6.45, 7) is 5.85. The molecular weight excluding hydrogens is 522 g/mol. The molecule has 2 N–H and O–H groups in total. The molecule has 0 spiro atoms. The number of hydrogen-bond acceptors (Lipinski definition) is 8. The lowest BCUT2D eigenvalue weighted by molar-refractivity contribution is -0.111. The summed E-state index contributed by atoms with van der Waals surface area (Å²) in [6.07, 6.45) is 6.48. The maximum absolute atomic E-state index is 13.0. The van der Waals surface area contributed by atoms with Gasteiger partial charge in [-0.3, -0.25) is 9.59 Å². The van der Waals surface area contributed by atoms with E-state index in [4.69, 9.17) is 11.6 Å². The molecule has 1 aromatic carbocycles. The topological polar surface area (TPSA) is 103 Å². The van der Waals surface area contributed by atoms with E-state index < -0.39 is 0 Å². The number of carbonyl (C=O) groups is 2. The highest BCUT2D eigenvalue weighted by Gasteiger charge is 2.24. The summed E-state index contributed by atoms with van der Waals surface area (Å²) in [7, 11) is 3.87. The van der Waals surface area contributed by atoms with Gasteiger partial charge in [0.05, 0.1) is 26.8 Å². The van der Waals surface area contributed by atoms with E-state index in [2.05, 4.69) is 25.6 Å². The predicted octanol–water partition coefficient (Wildman–Crippen LogP) is 4.64. The highest BCUT2D eigenvalue weighted by Crippen LogP contribution is 2.33. The van der Waals surface area contributed by atoms with Crippen LogP contribution in [0, 0.1) is 13.8 Å². The van der Waals surface area contributed by atoms with Crippen molar-refractivity contribution in [2.45, 2.75) is 32.7 Å². The molecule has 3 aromatic rings. The van der Waals surface area contributed by atoms with E-state index in [0.29, 0.717) is 47.6 Å². The molecule has 0 aliphatic carbocycles. The van der Waals surface area contributed by atoms with Crippen molar-refractivity contribution in [2.24, 2.45) is 0 Å². The van der Waals surface area contributed by atoms with Crippen LogP contribution >= 0.6 is 22.9 Å². The van der Waals surface area contributed by atoms with Crippen LogP contribution in [0.15, 0.2) is 42.6 Å². The van der Waals surface area contributed by atoms with Crippen molar-refractivity contribution >= 4 is 46.4 Å². The van der Waals surface area contributed by atoms with Crippen LogP contribution in [0.2, 0.25) is 5.02 Å². The van der Waals surface area contributed by atoms with E-state index in [1.165, 1.54) is 6.08 Å². The Balaban J connectivity index is 1.30. The number of piperidine rings is 1. The van der Waals surface area contributed by atoms with Crippen LogP contribution in [0.25, 0.3) is 10.6 Å². The first-order valence-corrected chi connectivity index (χ1v) is 13.6. The molecule has 9 nitrogen and oxygen atoms in total.